The first-order valence-corrected chi connectivity index (χ1v) is 11.5. The van der Waals surface area contributed by atoms with Crippen LogP contribution in [0, 0.1) is 18.3 Å². The number of alkyl halides is 3. The zero-order valence-corrected chi connectivity index (χ0v) is 19.5. The van der Waals surface area contributed by atoms with E-state index in [-0.39, 0.29) is 11.5 Å². The number of ether oxygens (including phenoxy) is 1. The van der Waals surface area contributed by atoms with Crippen LogP contribution in [0.15, 0.2) is 30.6 Å². The molecule has 0 aliphatic heterocycles. The maximum atomic E-state index is 13.2. The number of hydrogen-bond acceptors (Lipinski definition) is 7. The Kier molecular flexibility index (Phi) is 5.65. The number of aromatic nitrogens is 5. The van der Waals surface area contributed by atoms with Crippen LogP contribution in [0.4, 0.5) is 13.2 Å². The highest BCUT2D eigenvalue weighted by Gasteiger charge is 2.46. The van der Waals surface area contributed by atoms with Crippen LogP contribution in [-0.2, 0) is 5.41 Å². The van der Waals surface area contributed by atoms with E-state index in [9.17, 15) is 23.2 Å². The van der Waals surface area contributed by atoms with E-state index in [4.69, 9.17) is 0 Å². The molecule has 2 saturated carbocycles. The maximum Gasteiger partial charge on any atom is 0.573 e. The number of hydrogen-bond donors (Lipinski definition) is 1. The zero-order valence-electron chi connectivity index (χ0n) is 19.5. The first kappa shape index (κ1) is 23.7. The second kappa shape index (κ2) is 8.58. The summed E-state index contributed by atoms with van der Waals surface area (Å²) in [4.78, 5) is 26.4. The number of nitriles is 1. The molecule has 1 aromatic carbocycles. The number of halogens is 3. The first-order valence-electron chi connectivity index (χ1n) is 11.5. The number of aryl methyl sites for hydroxylation is 1. The second-order valence-corrected chi connectivity index (χ2v) is 9.21. The quantitative estimate of drug-likeness (QED) is 0.520. The summed E-state index contributed by atoms with van der Waals surface area (Å²) >= 11 is 0. The minimum absolute atomic E-state index is 0.0521. The Morgan fingerprint density at radius 3 is 2.58 bits per heavy atom. The molecule has 2 aliphatic rings. The van der Waals surface area contributed by atoms with Gasteiger partial charge in [-0.15, -0.1) is 18.3 Å². The van der Waals surface area contributed by atoms with Crippen molar-refractivity contribution in [2.45, 2.75) is 63.3 Å². The van der Waals surface area contributed by atoms with Crippen LogP contribution in [0.25, 0.3) is 5.82 Å². The molecule has 186 valence electrons. The Hall–Kier alpha value is -4.01. The molecule has 2 aliphatic carbocycles. The van der Waals surface area contributed by atoms with E-state index < -0.39 is 29.5 Å². The highest BCUT2D eigenvalue weighted by Crippen LogP contribution is 2.48. The van der Waals surface area contributed by atoms with Crippen molar-refractivity contribution in [2.24, 2.45) is 0 Å². The van der Waals surface area contributed by atoms with E-state index in [1.165, 1.54) is 16.8 Å². The largest absolute Gasteiger partial charge is 0.573 e. The highest BCUT2D eigenvalue weighted by molar-refractivity contribution is 5.95. The zero-order chi connectivity index (χ0) is 25.7. The van der Waals surface area contributed by atoms with E-state index in [0.29, 0.717) is 35.9 Å². The number of nitrogens with one attached hydrogen (secondary N) is 1. The lowest BCUT2D eigenvalue weighted by Gasteiger charge is -2.17. The average Bonchev–Trinajstić information content (AvgIpc) is 3.76. The number of nitrogens with zero attached hydrogens (tertiary/aromatic N) is 6. The fraction of sp³-hybridized carbons (Fsp3) is 0.417. The van der Waals surface area contributed by atoms with Crippen LogP contribution in [0.3, 0.4) is 0 Å². The van der Waals surface area contributed by atoms with Gasteiger partial charge in [-0.05, 0) is 63.3 Å². The lowest BCUT2D eigenvalue weighted by atomic mass is 9.95. The van der Waals surface area contributed by atoms with Gasteiger partial charge in [-0.25, -0.2) is 9.97 Å². The van der Waals surface area contributed by atoms with Crippen molar-refractivity contribution in [3.05, 3.63) is 59.1 Å². The number of carbonyl (C=O) groups is 1. The van der Waals surface area contributed by atoms with Gasteiger partial charge in [0.1, 0.15) is 5.75 Å². The van der Waals surface area contributed by atoms with Crippen molar-refractivity contribution in [3.63, 3.8) is 0 Å². The van der Waals surface area contributed by atoms with Crippen LogP contribution in [0.2, 0.25) is 0 Å². The molecular weight excluding hydrogens is 475 g/mol. The van der Waals surface area contributed by atoms with Gasteiger partial charge in [0.25, 0.3) is 5.91 Å². The van der Waals surface area contributed by atoms with Gasteiger partial charge in [0.15, 0.2) is 17.5 Å². The van der Waals surface area contributed by atoms with Crippen LogP contribution in [0.5, 0.6) is 5.75 Å². The van der Waals surface area contributed by atoms with Crippen molar-refractivity contribution in [2.75, 3.05) is 0 Å². The Labute approximate surface area is 204 Å². The number of rotatable bonds is 7. The van der Waals surface area contributed by atoms with Gasteiger partial charge in [-0.3, -0.25) is 9.78 Å². The van der Waals surface area contributed by atoms with E-state index in [0.717, 1.165) is 24.6 Å². The number of carbonyl (C=O) groups excluding carboxylic acids is 1. The normalized spacial score (nSPS) is 17.2. The lowest BCUT2D eigenvalue weighted by molar-refractivity contribution is -0.274. The van der Waals surface area contributed by atoms with Crippen molar-refractivity contribution in [3.8, 4) is 17.6 Å². The summed E-state index contributed by atoms with van der Waals surface area (Å²) in [6.07, 6.45) is 1.16. The molecule has 0 unspecified atom stereocenters. The number of benzene rings is 1. The standard InChI is InChI=1S/C24H22F3N7O2/c1-13-10-30-19(11-29-13)34-21(32-20(33-34)15-3-4-15)14(2)31-22(35)16-7-17(23(12-28)5-6-23)9-18(8-16)36-24(25,26)27/h7-11,14-15H,3-6H2,1-2H3,(H,31,35)/t14-/m0/s1. The Bertz CT molecular complexity index is 1350. The van der Waals surface area contributed by atoms with Gasteiger partial charge < -0.3 is 10.1 Å². The first-order chi connectivity index (χ1) is 17.1. The molecule has 0 saturated heterocycles. The monoisotopic (exact) mass is 497 g/mol. The molecule has 1 N–H and O–H groups in total. The molecule has 0 spiro atoms. The summed E-state index contributed by atoms with van der Waals surface area (Å²) in [5, 5.41) is 16.9. The fourth-order valence-electron chi connectivity index (χ4n) is 3.93. The summed E-state index contributed by atoms with van der Waals surface area (Å²) in [6.45, 7) is 3.51. The van der Waals surface area contributed by atoms with E-state index in [2.05, 4.69) is 36.2 Å². The Morgan fingerprint density at radius 1 is 1.25 bits per heavy atom. The van der Waals surface area contributed by atoms with Crippen LogP contribution in [0.1, 0.15) is 77.8 Å². The van der Waals surface area contributed by atoms with Gasteiger partial charge in [-0.2, -0.15) is 9.94 Å². The second-order valence-electron chi connectivity index (χ2n) is 9.21. The smallest absolute Gasteiger partial charge is 0.406 e. The molecule has 2 heterocycles. The van der Waals surface area contributed by atoms with Crippen molar-refractivity contribution < 1.29 is 22.7 Å². The van der Waals surface area contributed by atoms with Crippen LogP contribution >= 0.6 is 0 Å². The average molecular weight is 497 g/mol. The van der Waals surface area contributed by atoms with Crippen molar-refractivity contribution in [1.82, 2.24) is 30.0 Å². The number of amides is 1. The molecule has 36 heavy (non-hydrogen) atoms. The fourth-order valence-corrected chi connectivity index (χ4v) is 3.93. The summed E-state index contributed by atoms with van der Waals surface area (Å²) in [5.74, 6) is 0.550. The van der Waals surface area contributed by atoms with Crippen LogP contribution < -0.4 is 10.1 Å². The molecule has 12 heteroatoms. The topological polar surface area (TPSA) is 119 Å². The molecule has 0 bridgehead atoms. The van der Waals surface area contributed by atoms with Gasteiger partial charge in [0, 0.05) is 11.5 Å². The molecule has 5 rings (SSSR count). The van der Waals surface area contributed by atoms with Gasteiger partial charge in [-0.1, -0.05) is 0 Å². The summed E-state index contributed by atoms with van der Waals surface area (Å²) in [6, 6.07) is 5.09. The molecule has 0 radical (unpaired) electrons. The summed E-state index contributed by atoms with van der Waals surface area (Å²) in [5.41, 5.74) is 0.0869. The van der Waals surface area contributed by atoms with Gasteiger partial charge >= 0.3 is 6.36 Å². The highest BCUT2D eigenvalue weighted by atomic mass is 19.4. The minimum atomic E-state index is -4.94. The third kappa shape index (κ3) is 4.86. The third-order valence-electron chi connectivity index (χ3n) is 6.23. The molecular formula is C24H22F3N7O2. The predicted molar refractivity (Wildman–Crippen MR) is 119 cm³/mol. The van der Waals surface area contributed by atoms with E-state index in [1.54, 1.807) is 26.2 Å². The molecule has 2 aromatic heterocycles. The Morgan fingerprint density at radius 2 is 2.00 bits per heavy atom. The third-order valence-corrected chi connectivity index (χ3v) is 6.23. The van der Waals surface area contributed by atoms with E-state index in [1.807, 2.05) is 0 Å². The summed E-state index contributed by atoms with van der Waals surface area (Å²) < 4.78 is 44.4. The minimum Gasteiger partial charge on any atom is -0.406 e. The summed E-state index contributed by atoms with van der Waals surface area (Å²) in [7, 11) is 0. The SMILES string of the molecule is Cc1cnc(-n2nc(C3CC3)nc2[C@H](C)NC(=O)c2cc(OC(F)(F)F)cc(C3(C#N)CC3)c2)cn1. The molecule has 2 fully saturated rings. The van der Waals surface area contributed by atoms with Crippen LogP contribution in [-0.4, -0.2) is 37.0 Å². The molecule has 1 atom stereocenters. The van der Waals surface area contributed by atoms with Crippen molar-refractivity contribution >= 4 is 5.91 Å². The lowest BCUT2D eigenvalue weighted by Crippen LogP contribution is -2.29. The maximum absolute atomic E-state index is 13.2. The molecule has 9 nitrogen and oxygen atoms in total. The molecule has 3 aromatic rings. The molecule has 1 amide bonds. The van der Waals surface area contributed by atoms with Gasteiger partial charge in [0.05, 0.1) is 35.6 Å². The van der Waals surface area contributed by atoms with Crippen molar-refractivity contribution in [1.29, 1.82) is 5.26 Å². The Balaban J connectivity index is 1.45. The predicted octanol–water partition coefficient (Wildman–Crippen LogP) is 4.19. The van der Waals surface area contributed by atoms with Gasteiger partial charge in [0.2, 0.25) is 0 Å². The van der Waals surface area contributed by atoms with E-state index >= 15 is 0 Å².